The van der Waals surface area contributed by atoms with E-state index >= 15 is 0 Å². The summed E-state index contributed by atoms with van der Waals surface area (Å²) in [6.45, 7) is 6.93. The van der Waals surface area contributed by atoms with Gasteiger partial charge in [0.25, 0.3) is 0 Å². The lowest BCUT2D eigenvalue weighted by Gasteiger charge is -1.97. The highest BCUT2D eigenvalue weighted by Gasteiger charge is 1.85. The molecule has 0 aromatic carbocycles. The second-order valence-electron chi connectivity index (χ2n) is 1.89. The lowest BCUT2D eigenvalue weighted by molar-refractivity contribution is 0.0518. The quantitative estimate of drug-likeness (QED) is 0.394. The summed E-state index contributed by atoms with van der Waals surface area (Å²) >= 11 is 0. The second-order valence-corrected chi connectivity index (χ2v) is 1.89. The van der Waals surface area contributed by atoms with Gasteiger partial charge in [0.15, 0.2) is 0 Å². The summed E-state index contributed by atoms with van der Waals surface area (Å²) in [4.78, 5) is 4.69. The standard InChI is InChI=1S/C7H15NO/c1-3-5-6-7-8-9-4-2/h2-7H2,1H3. The van der Waals surface area contributed by atoms with Crippen LogP contribution in [-0.2, 0) is 4.84 Å². The Morgan fingerprint density at radius 2 is 2.22 bits per heavy atom. The van der Waals surface area contributed by atoms with E-state index in [-0.39, 0.29) is 0 Å². The molecule has 9 heavy (non-hydrogen) atoms. The molecule has 0 heterocycles. The first-order chi connectivity index (χ1) is 4.41. The summed E-state index contributed by atoms with van der Waals surface area (Å²) in [7, 11) is 0. The zero-order valence-corrected chi connectivity index (χ0v) is 6.10. The third-order valence-electron chi connectivity index (χ3n) is 1.04. The van der Waals surface area contributed by atoms with Gasteiger partial charge >= 0.3 is 0 Å². The van der Waals surface area contributed by atoms with Gasteiger partial charge in [0.05, 0.1) is 6.61 Å². The largest absolute Gasteiger partial charge is 0.282 e. The first-order valence-electron chi connectivity index (χ1n) is 3.49. The highest BCUT2D eigenvalue weighted by molar-refractivity contribution is 4.37. The van der Waals surface area contributed by atoms with E-state index in [2.05, 4.69) is 19.3 Å². The van der Waals surface area contributed by atoms with Crippen molar-refractivity contribution in [1.29, 1.82) is 0 Å². The van der Waals surface area contributed by atoms with Crippen LogP contribution in [0.5, 0.6) is 0 Å². The Morgan fingerprint density at radius 3 is 2.78 bits per heavy atom. The monoisotopic (exact) mass is 129 g/mol. The molecule has 0 aliphatic rings. The highest BCUT2D eigenvalue weighted by atomic mass is 16.6. The summed E-state index contributed by atoms with van der Waals surface area (Å²) in [5.41, 5.74) is 3.76. The average Bonchev–Trinajstić information content (AvgIpc) is 1.89. The van der Waals surface area contributed by atoms with Crippen molar-refractivity contribution in [3.63, 3.8) is 0 Å². The van der Waals surface area contributed by atoms with Crippen LogP contribution in [-0.4, -0.2) is 13.2 Å². The van der Waals surface area contributed by atoms with Crippen molar-refractivity contribution in [1.82, 2.24) is 5.48 Å². The number of hydrogen-bond donors (Lipinski definition) is 0. The van der Waals surface area contributed by atoms with E-state index in [1.165, 1.54) is 12.8 Å². The van der Waals surface area contributed by atoms with Crippen molar-refractivity contribution in [3.8, 4) is 0 Å². The predicted molar refractivity (Wildman–Crippen MR) is 37.8 cm³/mol. The molecule has 0 spiro atoms. The Balaban J connectivity index is 2.60. The first kappa shape index (κ1) is 8.92. The Kier molecular flexibility index (Phi) is 7.85. The zero-order chi connectivity index (χ0) is 6.95. The normalized spacial score (nSPS) is 10.0. The molecule has 0 saturated carbocycles. The fourth-order valence-corrected chi connectivity index (χ4v) is 0.555. The molecule has 0 N–H and O–H groups in total. The topological polar surface area (TPSA) is 23.3 Å². The molecule has 0 aliphatic heterocycles. The van der Waals surface area contributed by atoms with Gasteiger partial charge in [0.1, 0.15) is 0 Å². The van der Waals surface area contributed by atoms with E-state index in [1.807, 2.05) is 0 Å². The average molecular weight is 129 g/mol. The first-order valence-corrected chi connectivity index (χ1v) is 3.49. The zero-order valence-electron chi connectivity index (χ0n) is 6.10. The maximum atomic E-state index is 4.69. The minimum atomic E-state index is 0.451. The minimum Gasteiger partial charge on any atom is -0.282 e. The summed E-state index contributed by atoms with van der Waals surface area (Å²) in [6.07, 6.45) is 3.61. The van der Waals surface area contributed by atoms with E-state index in [9.17, 15) is 0 Å². The highest BCUT2D eigenvalue weighted by Crippen LogP contribution is 1.91. The molecule has 0 aliphatic carbocycles. The molecule has 0 saturated heterocycles. The van der Waals surface area contributed by atoms with Crippen LogP contribution < -0.4 is 5.48 Å². The van der Waals surface area contributed by atoms with Crippen LogP contribution in [0.2, 0.25) is 0 Å². The van der Waals surface area contributed by atoms with Crippen molar-refractivity contribution < 1.29 is 4.84 Å². The van der Waals surface area contributed by atoms with Gasteiger partial charge in [-0.05, 0) is 13.3 Å². The molecule has 0 bridgehead atoms. The maximum absolute atomic E-state index is 4.69. The molecule has 0 amide bonds. The van der Waals surface area contributed by atoms with Gasteiger partial charge in [0.2, 0.25) is 0 Å². The van der Waals surface area contributed by atoms with Gasteiger partial charge in [-0.25, -0.2) is 0 Å². The number of hydroxylamine groups is 1. The predicted octanol–water partition coefficient (Wildman–Crippen LogP) is 1.55. The summed E-state index contributed by atoms with van der Waals surface area (Å²) < 4.78 is 0. The number of unbranched alkanes of at least 4 members (excludes halogenated alkanes) is 2. The van der Waals surface area contributed by atoms with E-state index < -0.39 is 0 Å². The smallest absolute Gasteiger partial charge is 0.0703 e. The van der Waals surface area contributed by atoms with Crippen molar-refractivity contribution in [3.05, 3.63) is 6.92 Å². The minimum absolute atomic E-state index is 0.451. The molecule has 2 radical (unpaired) electrons. The van der Waals surface area contributed by atoms with Crippen molar-refractivity contribution in [2.24, 2.45) is 0 Å². The summed E-state index contributed by atoms with van der Waals surface area (Å²) in [5.74, 6) is 0. The molecule has 0 aromatic rings. The van der Waals surface area contributed by atoms with Gasteiger partial charge in [-0.1, -0.05) is 25.2 Å². The van der Waals surface area contributed by atoms with E-state index in [0.29, 0.717) is 6.61 Å². The van der Waals surface area contributed by atoms with Gasteiger partial charge in [-0.15, -0.1) is 0 Å². The van der Waals surface area contributed by atoms with Crippen LogP contribution >= 0.6 is 0 Å². The molecular formula is C7H15NO. The van der Waals surface area contributed by atoms with E-state index in [0.717, 1.165) is 13.0 Å². The molecule has 0 aromatic heterocycles. The van der Waals surface area contributed by atoms with Gasteiger partial charge in [-0.2, -0.15) is 0 Å². The van der Waals surface area contributed by atoms with Crippen molar-refractivity contribution in [2.75, 3.05) is 13.2 Å². The van der Waals surface area contributed by atoms with Gasteiger partial charge in [-0.3, -0.25) is 4.84 Å². The molecular weight excluding hydrogens is 114 g/mol. The fourth-order valence-electron chi connectivity index (χ4n) is 0.555. The lowest BCUT2D eigenvalue weighted by atomic mass is 10.3. The van der Waals surface area contributed by atoms with Crippen LogP contribution in [0.3, 0.4) is 0 Å². The van der Waals surface area contributed by atoms with Crippen molar-refractivity contribution in [2.45, 2.75) is 26.2 Å². The van der Waals surface area contributed by atoms with Gasteiger partial charge < -0.3 is 0 Å². The fraction of sp³-hybridized carbons (Fsp3) is 0.857. The molecule has 0 unspecified atom stereocenters. The SMILES string of the molecule is [CH2]CO[N]CCCCC. The molecule has 2 heteroatoms. The number of hydrogen-bond acceptors (Lipinski definition) is 1. The van der Waals surface area contributed by atoms with Crippen LogP contribution in [0.1, 0.15) is 26.2 Å². The van der Waals surface area contributed by atoms with Crippen LogP contribution in [0, 0.1) is 6.92 Å². The lowest BCUT2D eigenvalue weighted by Crippen LogP contribution is -2.07. The Hall–Kier alpha value is -0.0800. The van der Waals surface area contributed by atoms with Crippen LogP contribution in [0.25, 0.3) is 0 Å². The maximum Gasteiger partial charge on any atom is 0.0703 e. The van der Waals surface area contributed by atoms with Crippen molar-refractivity contribution >= 4 is 0 Å². The van der Waals surface area contributed by atoms with Crippen LogP contribution in [0.15, 0.2) is 0 Å². The molecule has 0 atom stereocenters. The molecule has 54 valence electrons. The Morgan fingerprint density at radius 1 is 1.44 bits per heavy atom. The Bertz CT molecular complexity index is 42.2. The Labute approximate surface area is 57.5 Å². The number of nitrogens with zero attached hydrogens (tertiary/aromatic N) is 1. The van der Waals surface area contributed by atoms with E-state index in [4.69, 9.17) is 4.84 Å². The third kappa shape index (κ3) is 7.92. The molecule has 0 rings (SSSR count). The van der Waals surface area contributed by atoms with Crippen LogP contribution in [0.4, 0.5) is 0 Å². The molecule has 2 nitrogen and oxygen atoms in total. The second kappa shape index (κ2) is 7.92. The molecule has 0 fully saturated rings. The summed E-state index contributed by atoms with van der Waals surface area (Å²) in [5, 5.41) is 0. The van der Waals surface area contributed by atoms with E-state index in [1.54, 1.807) is 0 Å². The van der Waals surface area contributed by atoms with Gasteiger partial charge in [0, 0.05) is 6.54 Å². The number of rotatable bonds is 6. The summed E-state index contributed by atoms with van der Waals surface area (Å²) in [6, 6.07) is 0. The third-order valence-corrected chi connectivity index (χ3v) is 1.04.